The summed E-state index contributed by atoms with van der Waals surface area (Å²) in [6.07, 6.45) is 0.204. The van der Waals surface area contributed by atoms with Gasteiger partial charge >= 0.3 is 0 Å². The number of hydrogen-bond donors (Lipinski definition) is 2. The SMILES string of the molecule is COc1ccc(CNC(=O)CCC(=O)NCc2ccc(OC)c(OC)c2)cc1OC. The first kappa shape index (κ1) is 22.9. The Hall–Kier alpha value is -3.42. The molecule has 0 atom stereocenters. The van der Waals surface area contributed by atoms with Crippen LogP contribution in [-0.2, 0) is 22.7 Å². The lowest BCUT2D eigenvalue weighted by Crippen LogP contribution is -2.27. The van der Waals surface area contributed by atoms with Gasteiger partial charge in [-0.1, -0.05) is 12.1 Å². The Morgan fingerprint density at radius 1 is 0.633 bits per heavy atom. The molecule has 162 valence electrons. The standard InChI is InChI=1S/C22H28N2O6/c1-27-17-7-5-15(11-19(17)29-3)13-23-21(25)9-10-22(26)24-14-16-6-8-18(28-2)20(12-16)30-4/h5-8,11-12H,9-10,13-14H2,1-4H3,(H,23,25)(H,24,26). The first-order chi connectivity index (χ1) is 14.5. The van der Waals surface area contributed by atoms with Gasteiger partial charge in [-0.05, 0) is 35.4 Å². The molecule has 2 rings (SSSR count). The fraction of sp³-hybridized carbons (Fsp3) is 0.364. The molecule has 8 nitrogen and oxygen atoms in total. The second-order valence-electron chi connectivity index (χ2n) is 6.43. The molecule has 8 heteroatoms. The maximum absolute atomic E-state index is 12.0. The highest BCUT2D eigenvalue weighted by atomic mass is 16.5. The van der Waals surface area contributed by atoms with Crippen molar-refractivity contribution in [2.24, 2.45) is 0 Å². The first-order valence-electron chi connectivity index (χ1n) is 9.46. The molecule has 0 aliphatic rings. The number of rotatable bonds is 11. The molecule has 0 heterocycles. The summed E-state index contributed by atoms with van der Waals surface area (Å²) in [5.41, 5.74) is 1.75. The molecule has 0 radical (unpaired) electrons. The van der Waals surface area contributed by atoms with E-state index >= 15 is 0 Å². The van der Waals surface area contributed by atoms with Crippen LogP contribution in [-0.4, -0.2) is 40.3 Å². The molecular formula is C22H28N2O6. The lowest BCUT2D eigenvalue weighted by molar-refractivity contribution is -0.126. The predicted octanol–water partition coefficient (Wildman–Crippen LogP) is 2.43. The minimum atomic E-state index is -0.203. The number of methoxy groups -OCH3 is 4. The van der Waals surface area contributed by atoms with Crippen molar-refractivity contribution in [1.29, 1.82) is 0 Å². The van der Waals surface area contributed by atoms with Crippen LogP contribution in [0.4, 0.5) is 0 Å². The second-order valence-corrected chi connectivity index (χ2v) is 6.43. The maximum Gasteiger partial charge on any atom is 0.220 e. The van der Waals surface area contributed by atoms with Crippen molar-refractivity contribution >= 4 is 11.8 Å². The van der Waals surface area contributed by atoms with Gasteiger partial charge in [0.05, 0.1) is 28.4 Å². The zero-order valence-electron chi connectivity index (χ0n) is 17.7. The Morgan fingerprint density at radius 2 is 1.00 bits per heavy atom. The van der Waals surface area contributed by atoms with E-state index in [1.54, 1.807) is 52.7 Å². The Balaban J connectivity index is 1.75. The number of ether oxygens (including phenoxy) is 4. The molecule has 0 aliphatic heterocycles. The van der Waals surface area contributed by atoms with Crippen molar-refractivity contribution < 1.29 is 28.5 Å². The summed E-state index contributed by atoms with van der Waals surface area (Å²) in [5.74, 6) is 2.03. The summed E-state index contributed by atoms with van der Waals surface area (Å²) >= 11 is 0. The fourth-order valence-electron chi connectivity index (χ4n) is 2.79. The Labute approximate surface area is 176 Å². The third-order valence-corrected chi connectivity index (χ3v) is 4.45. The van der Waals surface area contributed by atoms with Crippen molar-refractivity contribution in [3.8, 4) is 23.0 Å². The van der Waals surface area contributed by atoms with Gasteiger partial charge < -0.3 is 29.6 Å². The average Bonchev–Trinajstić information content (AvgIpc) is 2.79. The van der Waals surface area contributed by atoms with Gasteiger partial charge in [-0.15, -0.1) is 0 Å². The quantitative estimate of drug-likeness (QED) is 0.584. The molecule has 30 heavy (non-hydrogen) atoms. The summed E-state index contributed by atoms with van der Waals surface area (Å²) in [6.45, 7) is 0.679. The van der Waals surface area contributed by atoms with Gasteiger partial charge in [0.15, 0.2) is 23.0 Å². The molecule has 0 unspecified atom stereocenters. The van der Waals surface area contributed by atoms with Crippen molar-refractivity contribution in [1.82, 2.24) is 10.6 Å². The zero-order valence-corrected chi connectivity index (χ0v) is 17.7. The minimum Gasteiger partial charge on any atom is -0.493 e. The monoisotopic (exact) mass is 416 g/mol. The Bertz CT molecular complexity index is 797. The van der Waals surface area contributed by atoms with Crippen molar-refractivity contribution in [3.05, 3.63) is 47.5 Å². The lowest BCUT2D eigenvalue weighted by atomic mass is 10.2. The van der Waals surface area contributed by atoms with E-state index in [4.69, 9.17) is 18.9 Å². The van der Waals surface area contributed by atoms with Gasteiger partial charge in [0.2, 0.25) is 11.8 Å². The third kappa shape index (κ3) is 6.58. The molecule has 0 spiro atoms. The minimum absolute atomic E-state index is 0.102. The summed E-state index contributed by atoms with van der Waals surface area (Å²) in [7, 11) is 6.24. The van der Waals surface area contributed by atoms with Gasteiger partial charge in [0.1, 0.15) is 0 Å². The van der Waals surface area contributed by atoms with Gasteiger partial charge in [-0.3, -0.25) is 9.59 Å². The van der Waals surface area contributed by atoms with Crippen molar-refractivity contribution in [2.75, 3.05) is 28.4 Å². The summed E-state index contributed by atoms with van der Waals surface area (Å²) in [6, 6.07) is 10.8. The van der Waals surface area contributed by atoms with E-state index in [1.807, 2.05) is 12.1 Å². The number of carbonyl (C=O) groups excluding carboxylic acids is 2. The molecule has 0 saturated carbocycles. The van der Waals surface area contributed by atoms with Gasteiger partial charge in [0.25, 0.3) is 0 Å². The number of hydrogen-bond acceptors (Lipinski definition) is 6. The van der Waals surface area contributed by atoms with Gasteiger partial charge in [-0.25, -0.2) is 0 Å². The number of carbonyl (C=O) groups is 2. The zero-order chi connectivity index (χ0) is 21.9. The highest BCUT2D eigenvalue weighted by Crippen LogP contribution is 2.28. The van der Waals surface area contributed by atoms with E-state index in [1.165, 1.54) is 0 Å². The first-order valence-corrected chi connectivity index (χ1v) is 9.46. The van der Waals surface area contributed by atoms with Crippen LogP contribution in [0, 0.1) is 0 Å². The highest BCUT2D eigenvalue weighted by Gasteiger charge is 2.10. The summed E-state index contributed by atoms with van der Waals surface area (Å²) in [4.78, 5) is 24.1. The number of nitrogens with one attached hydrogen (secondary N) is 2. The lowest BCUT2D eigenvalue weighted by Gasteiger charge is -2.11. The molecule has 2 N–H and O–H groups in total. The van der Waals surface area contributed by atoms with E-state index in [0.29, 0.717) is 36.1 Å². The molecule has 2 aromatic rings. The van der Waals surface area contributed by atoms with E-state index in [0.717, 1.165) is 11.1 Å². The van der Waals surface area contributed by atoms with Crippen LogP contribution in [0.15, 0.2) is 36.4 Å². The predicted molar refractivity (Wildman–Crippen MR) is 112 cm³/mol. The van der Waals surface area contributed by atoms with E-state index < -0.39 is 0 Å². The molecule has 2 amide bonds. The molecule has 0 fully saturated rings. The van der Waals surface area contributed by atoms with E-state index in [-0.39, 0.29) is 24.7 Å². The van der Waals surface area contributed by atoms with Crippen LogP contribution in [0.25, 0.3) is 0 Å². The van der Waals surface area contributed by atoms with Crippen LogP contribution in [0.3, 0.4) is 0 Å². The molecule has 0 aliphatic carbocycles. The Morgan fingerprint density at radius 3 is 1.33 bits per heavy atom. The molecule has 2 aromatic carbocycles. The molecule has 0 bridgehead atoms. The molecular weight excluding hydrogens is 388 g/mol. The number of amides is 2. The van der Waals surface area contributed by atoms with Gasteiger partial charge in [-0.2, -0.15) is 0 Å². The highest BCUT2D eigenvalue weighted by molar-refractivity contribution is 5.83. The largest absolute Gasteiger partial charge is 0.493 e. The normalized spacial score (nSPS) is 10.1. The van der Waals surface area contributed by atoms with Crippen molar-refractivity contribution in [2.45, 2.75) is 25.9 Å². The maximum atomic E-state index is 12.0. The third-order valence-electron chi connectivity index (χ3n) is 4.45. The van der Waals surface area contributed by atoms with Crippen LogP contribution in [0.1, 0.15) is 24.0 Å². The van der Waals surface area contributed by atoms with Crippen LogP contribution < -0.4 is 29.6 Å². The van der Waals surface area contributed by atoms with Gasteiger partial charge in [0, 0.05) is 25.9 Å². The topological polar surface area (TPSA) is 95.1 Å². The average molecular weight is 416 g/mol. The van der Waals surface area contributed by atoms with Crippen molar-refractivity contribution in [3.63, 3.8) is 0 Å². The smallest absolute Gasteiger partial charge is 0.220 e. The molecule has 0 aromatic heterocycles. The van der Waals surface area contributed by atoms with Crippen LogP contribution >= 0.6 is 0 Å². The molecule has 0 saturated heterocycles. The second kappa shape index (κ2) is 11.5. The van der Waals surface area contributed by atoms with Crippen LogP contribution in [0.5, 0.6) is 23.0 Å². The fourth-order valence-corrected chi connectivity index (χ4v) is 2.79. The number of benzene rings is 2. The summed E-state index contributed by atoms with van der Waals surface area (Å²) in [5, 5.41) is 5.60. The Kier molecular flexibility index (Phi) is 8.80. The summed E-state index contributed by atoms with van der Waals surface area (Å²) < 4.78 is 20.9. The van der Waals surface area contributed by atoms with E-state index in [9.17, 15) is 9.59 Å². The van der Waals surface area contributed by atoms with Crippen LogP contribution in [0.2, 0.25) is 0 Å². The van der Waals surface area contributed by atoms with E-state index in [2.05, 4.69) is 10.6 Å².